The van der Waals surface area contributed by atoms with Gasteiger partial charge < -0.3 is 20.5 Å². The highest BCUT2D eigenvalue weighted by Crippen LogP contribution is 2.29. The maximum atomic E-state index is 6.02. The van der Waals surface area contributed by atoms with Crippen molar-refractivity contribution < 1.29 is 9.47 Å². The summed E-state index contributed by atoms with van der Waals surface area (Å²) in [5.74, 6) is 1.56. The average Bonchev–Trinajstić information content (AvgIpc) is 2.49. The van der Waals surface area contributed by atoms with E-state index in [1.54, 1.807) is 7.11 Å². The minimum atomic E-state index is 0.335. The van der Waals surface area contributed by atoms with Crippen molar-refractivity contribution in [1.29, 1.82) is 0 Å². The molecule has 0 amide bonds. The van der Waals surface area contributed by atoms with Crippen LogP contribution >= 0.6 is 15.9 Å². The topological polar surface area (TPSA) is 82.3 Å². The van der Waals surface area contributed by atoms with Crippen LogP contribution in [0.1, 0.15) is 6.42 Å². The second-order valence-corrected chi connectivity index (χ2v) is 5.19. The Bertz CT molecular complexity index is 578. The zero-order valence-corrected chi connectivity index (χ0v) is 13.3. The normalized spacial score (nSPS) is 10.4. The number of methoxy groups -OCH3 is 1. The van der Waals surface area contributed by atoms with Gasteiger partial charge >= 0.3 is 0 Å². The van der Waals surface area contributed by atoms with Crippen LogP contribution in [0.15, 0.2) is 35.1 Å². The van der Waals surface area contributed by atoms with Crippen molar-refractivity contribution in [2.45, 2.75) is 6.42 Å². The maximum Gasteiger partial charge on any atom is 0.248 e. The Morgan fingerprint density at radius 3 is 2.71 bits per heavy atom. The van der Waals surface area contributed by atoms with Crippen LogP contribution in [0, 0.1) is 0 Å². The second kappa shape index (κ2) is 7.80. The molecule has 0 unspecified atom stereocenters. The number of hydrogen-bond acceptors (Lipinski definition) is 6. The summed E-state index contributed by atoms with van der Waals surface area (Å²) < 4.78 is 11.6. The Kier molecular flexibility index (Phi) is 5.77. The number of nitrogens with zero attached hydrogens (tertiary/aromatic N) is 2. The van der Waals surface area contributed by atoms with Gasteiger partial charge in [0, 0.05) is 24.7 Å². The molecule has 21 heavy (non-hydrogen) atoms. The lowest BCUT2D eigenvalue weighted by Gasteiger charge is -2.11. The van der Waals surface area contributed by atoms with E-state index in [0.29, 0.717) is 36.3 Å². The molecule has 1 aromatic heterocycles. The van der Waals surface area contributed by atoms with Gasteiger partial charge in [0.15, 0.2) is 5.82 Å². The zero-order chi connectivity index (χ0) is 15.1. The average molecular weight is 353 g/mol. The molecule has 112 valence electrons. The summed E-state index contributed by atoms with van der Waals surface area (Å²) in [4.78, 5) is 8.18. The molecule has 6 nitrogen and oxygen atoms in total. The van der Waals surface area contributed by atoms with Crippen molar-refractivity contribution in [3.8, 4) is 11.6 Å². The number of anilines is 2. The highest BCUT2D eigenvalue weighted by Gasteiger charge is 2.09. The predicted molar refractivity (Wildman–Crippen MR) is 85.6 cm³/mol. The first-order valence-electron chi connectivity index (χ1n) is 6.47. The van der Waals surface area contributed by atoms with Crippen LogP contribution in [0.3, 0.4) is 0 Å². The standard InChI is InChI=1S/C14H17BrN4O2/c1-20-8-2-7-17-13-12(16)14(19-9-18-13)21-11-5-3-10(15)4-6-11/h3-6,9H,2,7-8,16H2,1H3,(H,17,18,19). The Morgan fingerprint density at radius 1 is 1.24 bits per heavy atom. The Morgan fingerprint density at radius 2 is 2.00 bits per heavy atom. The Balaban J connectivity index is 2.04. The van der Waals surface area contributed by atoms with Crippen molar-refractivity contribution in [3.05, 3.63) is 35.1 Å². The number of benzene rings is 1. The third-order valence-electron chi connectivity index (χ3n) is 2.69. The number of hydrogen-bond donors (Lipinski definition) is 2. The first-order chi connectivity index (χ1) is 10.2. The molecule has 1 aromatic carbocycles. The van der Waals surface area contributed by atoms with Gasteiger partial charge in [-0.1, -0.05) is 15.9 Å². The third-order valence-corrected chi connectivity index (χ3v) is 3.22. The fourth-order valence-electron chi connectivity index (χ4n) is 1.64. The number of rotatable bonds is 7. The lowest BCUT2D eigenvalue weighted by atomic mass is 10.3. The smallest absolute Gasteiger partial charge is 0.248 e. The minimum absolute atomic E-state index is 0.335. The van der Waals surface area contributed by atoms with Crippen LogP contribution in [0.2, 0.25) is 0 Å². The van der Waals surface area contributed by atoms with Crippen LogP contribution in [0.25, 0.3) is 0 Å². The Labute approximate surface area is 131 Å². The maximum absolute atomic E-state index is 6.02. The number of nitrogens with one attached hydrogen (secondary N) is 1. The van der Waals surface area contributed by atoms with Crippen LogP contribution in [0.5, 0.6) is 11.6 Å². The van der Waals surface area contributed by atoms with Gasteiger partial charge in [-0.25, -0.2) is 4.98 Å². The van der Waals surface area contributed by atoms with E-state index in [2.05, 4.69) is 31.2 Å². The summed E-state index contributed by atoms with van der Waals surface area (Å²) >= 11 is 3.37. The second-order valence-electron chi connectivity index (χ2n) is 4.27. The van der Waals surface area contributed by atoms with Gasteiger partial charge in [0.2, 0.25) is 5.88 Å². The predicted octanol–water partition coefficient (Wildman–Crippen LogP) is 3.06. The summed E-state index contributed by atoms with van der Waals surface area (Å²) in [6.45, 7) is 1.40. The molecule has 0 aliphatic heterocycles. The van der Waals surface area contributed by atoms with Crippen molar-refractivity contribution in [1.82, 2.24) is 9.97 Å². The molecule has 2 rings (SSSR count). The molecule has 3 N–H and O–H groups in total. The van der Waals surface area contributed by atoms with Crippen LogP contribution in [-0.4, -0.2) is 30.2 Å². The molecule has 0 bridgehead atoms. The fourth-order valence-corrected chi connectivity index (χ4v) is 1.90. The van der Waals surface area contributed by atoms with Crippen molar-refractivity contribution in [3.63, 3.8) is 0 Å². The number of ether oxygens (including phenoxy) is 2. The molecule has 0 saturated heterocycles. The van der Waals surface area contributed by atoms with Gasteiger partial charge in [0.05, 0.1) is 0 Å². The van der Waals surface area contributed by atoms with Gasteiger partial charge in [-0.05, 0) is 30.7 Å². The number of nitrogens with two attached hydrogens (primary N) is 1. The molecule has 0 spiro atoms. The third kappa shape index (κ3) is 4.57. The SMILES string of the molecule is COCCCNc1ncnc(Oc2ccc(Br)cc2)c1N. The van der Waals surface area contributed by atoms with E-state index in [-0.39, 0.29) is 0 Å². The van der Waals surface area contributed by atoms with E-state index >= 15 is 0 Å². The van der Waals surface area contributed by atoms with E-state index in [1.165, 1.54) is 6.33 Å². The zero-order valence-electron chi connectivity index (χ0n) is 11.7. The van der Waals surface area contributed by atoms with Crippen LogP contribution in [0.4, 0.5) is 11.5 Å². The van der Waals surface area contributed by atoms with Crippen molar-refractivity contribution in [2.24, 2.45) is 0 Å². The van der Waals surface area contributed by atoms with E-state index in [9.17, 15) is 0 Å². The van der Waals surface area contributed by atoms with Gasteiger partial charge in [-0.15, -0.1) is 0 Å². The summed E-state index contributed by atoms with van der Waals surface area (Å²) in [6, 6.07) is 7.43. The number of aromatic nitrogens is 2. The summed E-state index contributed by atoms with van der Waals surface area (Å²) in [5.41, 5.74) is 6.41. The highest BCUT2D eigenvalue weighted by molar-refractivity contribution is 9.10. The van der Waals surface area contributed by atoms with E-state index in [1.807, 2.05) is 24.3 Å². The number of halogens is 1. The van der Waals surface area contributed by atoms with E-state index in [0.717, 1.165) is 10.9 Å². The lowest BCUT2D eigenvalue weighted by molar-refractivity contribution is 0.198. The van der Waals surface area contributed by atoms with Gasteiger partial charge in [-0.3, -0.25) is 0 Å². The molecule has 0 aliphatic carbocycles. The first kappa shape index (κ1) is 15.5. The van der Waals surface area contributed by atoms with Crippen LogP contribution < -0.4 is 15.8 Å². The summed E-state index contributed by atoms with van der Waals surface area (Å²) in [6.07, 6.45) is 2.28. The molecule has 0 saturated carbocycles. The first-order valence-corrected chi connectivity index (χ1v) is 7.26. The van der Waals surface area contributed by atoms with Gasteiger partial charge in [0.25, 0.3) is 0 Å². The molecule has 7 heteroatoms. The Hall–Kier alpha value is -1.86. The molecule has 0 radical (unpaired) electrons. The van der Waals surface area contributed by atoms with Crippen molar-refractivity contribution >= 4 is 27.4 Å². The molecular weight excluding hydrogens is 336 g/mol. The molecular formula is C14H17BrN4O2. The van der Waals surface area contributed by atoms with Gasteiger partial charge in [-0.2, -0.15) is 4.98 Å². The lowest BCUT2D eigenvalue weighted by Crippen LogP contribution is -2.09. The van der Waals surface area contributed by atoms with Crippen LogP contribution in [-0.2, 0) is 4.74 Å². The largest absolute Gasteiger partial charge is 0.437 e. The van der Waals surface area contributed by atoms with E-state index < -0.39 is 0 Å². The van der Waals surface area contributed by atoms with E-state index in [4.69, 9.17) is 15.2 Å². The monoisotopic (exact) mass is 352 g/mol. The number of nitrogen functional groups attached to an aromatic ring is 1. The van der Waals surface area contributed by atoms with Gasteiger partial charge in [0.1, 0.15) is 17.8 Å². The summed E-state index contributed by atoms with van der Waals surface area (Å²) in [7, 11) is 1.67. The molecule has 1 heterocycles. The summed E-state index contributed by atoms with van der Waals surface area (Å²) in [5, 5.41) is 3.14. The fraction of sp³-hybridized carbons (Fsp3) is 0.286. The molecule has 2 aromatic rings. The van der Waals surface area contributed by atoms with Crippen molar-refractivity contribution in [2.75, 3.05) is 31.3 Å². The quantitative estimate of drug-likeness (QED) is 0.745. The molecule has 0 fully saturated rings. The molecule has 0 atom stereocenters. The molecule has 0 aliphatic rings. The highest BCUT2D eigenvalue weighted by atomic mass is 79.9. The minimum Gasteiger partial charge on any atom is -0.437 e.